The van der Waals surface area contributed by atoms with Crippen LogP contribution in [0.5, 0.6) is 0 Å². The number of carbonyl (C=O) groups is 1. The fraction of sp³-hybridized carbons (Fsp3) is 0.700. The van der Waals surface area contributed by atoms with Crippen molar-refractivity contribution >= 4 is 5.97 Å². The molecule has 0 radical (unpaired) electrons. The van der Waals surface area contributed by atoms with Crippen LogP contribution in [0.2, 0.25) is 0 Å². The Morgan fingerprint density at radius 2 is 2.41 bits per heavy atom. The minimum absolute atomic E-state index is 0.0265. The molecule has 1 aromatic rings. The van der Waals surface area contributed by atoms with E-state index in [-0.39, 0.29) is 5.69 Å². The van der Waals surface area contributed by atoms with E-state index in [4.69, 9.17) is 9.84 Å². The summed E-state index contributed by atoms with van der Waals surface area (Å²) in [5, 5.41) is 19.1. The molecular formula is C10H18N4O3. The maximum Gasteiger partial charge on any atom is 0.358 e. The number of nitrogens with one attached hydrogen (secondary N) is 1. The molecule has 0 aromatic carbocycles. The zero-order valence-electron chi connectivity index (χ0n) is 9.93. The fourth-order valence-electron chi connectivity index (χ4n) is 1.27. The van der Waals surface area contributed by atoms with Crippen molar-refractivity contribution < 1.29 is 14.6 Å². The van der Waals surface area contributed by atoms with Gasteiger partial charge in [0.1, 0.15) is 0 Å². The monoisotopic (exact) mass is 242 g/mol. The largest absolute Gasteiger partial charge is 0.476 e. The molecule has 1 aromatic heterocycles. The van der Waals surface area contributed by atoms with Gasteiger partial charge in [0.25, 0.3) is 0 Å². The van der Waals surface area contributed by atoms with E-state index in [2.05, 4.69) is 15.6 Å². The summed E-state index contributed by atoms with van der Waals surface area (Å²) in [5.74, 6) is -1.05. The van der Waals surface area contributed by atoms with Gasteiger partial charge in [-0.25, -0.2) is 4.79 Å². The van der Waals surface area contributed by atoms with Crippen LogP contribution in [0.15, 0.2) is 6.20 Å². The Balaban J connectivity index is 2.07. The average molecular weight is 242 g/mol. The zero-order chi connectivity index (χ0) is 12.5. The van der Waals surface area contributed by atoms with Crippen molar-refractivity contribution in [2.24, 2.45) is 0 Å². The van der Waals surface area contributed by atoms with Gasteiger partial charge in [0.15, 0.2) is 5.69 Å². The fourth-order valence-corrected chi connectivity index (χ4v) is 1.27. The van der Waals surface area contributed by atoms with Crippen molar-refractivity contribution in [1.82, 2.24) is 20.3 Å². The second-order valence-corrected chi connectivity index (χ2v) is 3.47. The SMILES string of the molecule is CCOCCCNCCn1cc(C(=O)O)nn1. The normalized spacial score (nSPS) is 10.6. The van der Waals surface area contributed by atoms with Gasteiger partial charge in [0.2, 0.25) is 0 Å². The smallest absolute Gasteiger partial charge is 0.358 e. The molecule has 0 aliphatic heterocycles. The third-order valence-corrected chi connectivity index (χ3v) is 2.12. The molecule has 7 nitrogen and oxygen atoms in total. The van der Waals surface area contributed by atoms with Gasteiger partial charge in [-0.2, -0.15) is 0 Å². The van der Waals surface area contributed by atoms with Gasteiger partial charge >= 0.3 is 5.97 Å². The maximum atomic E-state index is 10.5. The van der Waals surface area contributed by atoms with E-state index in [1.807, 2.05) is 6.92 Å². The first kappa shape index (κ1) is 13.6. The number of hydrogen-bond donors (Lipinski definition) is 2. The lowest BCUT2D eigenvalue weighted by molar-refractivity contribution is 0.0690. The van der Waals surface area contributed by atoms with Crippen LogP contribution in [0.25, 0.3) is 0 Å². The number of ether oxygens (including phenoxy) is 1. The van der Waals surface area contributed by atoms with Gasteiger partial charge in [-0.1, -0.05) is 5.21 Å². The third-order valence-electron chi connectivity index (χ3n) is 2.12. The van der Waals surface area contributed by atoms with Crippen LogP contribution in [0.4, 0.5) is 0 Å². The standard InChI is InChI=1S/C10H18N4O3/c1-2-17-7-3-4-11-5-6-14-8-9(10(15)16)12-13-14/h8,11H,2-7H2,1H3,(H,15,16). The van der Waals surface area contributed by atoms with Crippen molar-refractivity contribution in [1.29, 1.82) is 0 Å². The predicted molar refractivity (Wildman–Crippen MR) is 61.0 cm³/mol. The molecule has 0 unspecified atom stereocenters. The number of hydrogen-bond acceptors (Lipinski definition) is 5. The summed E-state index contributed by atoms with van der Waals surface area (Å²) in [4.78, 5) is 10.5. The van der Waals surface area contributed by atoms with Gasteiger partial charge in [0.05, 0.1) is 12.7 Å². The summed E-state index contributed by atoms with van der Waals surface area (Å²) in [6, 6.07) is 0. The molecule has 96 valence electrons. The Kier molecular flexibility index (Phi) is 6.19. The van der Waals surface area contributed by atoms with Crippen molar-refractivity contribution in [2.45, 2.75) is 19.9 Å². The van der Waals surface area contributed by atoms with Crippen LogP contribution in [-0.2, 0) is 11.3 Å². The quantitative estimate of drug-likeness (QED) is 0.592. The molecule has 0 amide bonds. The molecule has 17 heavy (non-hydrogen) atoms. The van der Waals surface area contributed by atoms with E-state index in [1.165, 1.54) is 10.9 Å². The minimum atomic E-state index is -1.05. The number of rotatable bonds is 9. The van der Waals surface area contributed by atoms with E-state index in [0.29, 0.717) is 6.54 Å². The number of aromatic carboxylic acids is 1. The minimum Gasteiger partial charge on any atom is -0.476 e. The first-order chi connectivity index (χ1) is 8.24. The first-order valence-corrected chi connectivity index (χ1v) is 5.66. The lowest BCUT2D eigenvalue weighted by atomic mass is 10.4. The summed E-state index contributed by atoms with van der Waals surface area (Å²) in [6.07, 6.45) is 2.38. The van der Waals surface area contributed by atoms with E-state index < -0.39 is 5.97 Å². The van der Waals surface area contributed by atoms with E-state index in [9.17, 15) is 4.79 Å². The van der Waals surface area contributed by atoms with Crippen LogP contribution in [0.1, 0.15) is 23.8 Å². The predicted octanol–water partition coefficient (Wildman–Crippen LogP) is -0.00750. The third kappa shape index (κ3) is 5.41. The Bertz CT molecular complexity index is 340. The first-order valence-electron chi connectivity index (χ1n) is 5.66. The van der Waals surface area contributed by atoms with Crippen molar-refractivity contribution in [2.75, 3.05) is 26.3 Å². The summed E-state index contributed by atoms with van der Waals surface area (Å²) < 4.78 is 6.71. The number of carboxylic acids is 1. The second-order valence-electron chi connectivity index (χ2n) is 3.47. The molecule has 0 aliphatic rings. The zero-order valence-corrected chi connectivity index (χ0v) is 9.93. The van der Waals surface area contributed by atoms with Crippen LogP contribution in [-0.4, -0.2) is 52.4 Å². The molecule has 0 bridgehead atoms. The van der Waals surface area contributed by atoms with E-state index in [1.54, 1.807) is 0 Å². The van der Waals surface area contributed by atoms with Gasteiger partial charge in [-0.3, -0.25) is 4.68 Å². The molecule has 0 fully saturated rings. The average Bonchev–Trinajstić information content (AvgIpc) is 2.77. The van der Waals surface area contributed by atoms with Crippen molar-refractivity contribution in [3.63, 3.8) is 0 Å². The molecular weight excluding hydrogens is 224 g/mol. The molecule has 0 saturated heterocycles. The highest BCUT2D eigenvalue weighted by atomic mass is 16.5. The molecule has 1 rings (SSSR count). The summed E-state index contributed by atoms with van der Waals surface area (Å²) in [5.41, 5.74) is -0.0265. The van der Waals surface area contributed by atoms with Gasteiger partial charge in [-0.15, -0.1) is 5.10 Å². The molecule has 2 N–H and O–H groups in total. The Hall–Kier alpha value is -1.47. The highest BCUT2D eigenvalue weighted by molar-refractivity contribution is 5.84. The number of nitrogens with zero attached hydrogens (tertiary/aromatic N) is 3. The highest BCUT2D eigenvalue weighted by Gasteiger charge is 2.07. The van der Waals surface area contributed by atoms with Gasteiger partial charge in [-0.05, 0) is 19.9 Å². The van der Waals surface area contributed by atoms with Crippen molar-refractivity contribution in [3.8, 4) is 0 Å². The van der Waals surface area contributed by atoms with Gasteiger partial charge < -0.3 is 15.2 Å². The van der Waals surface area contributed by atoms with Gasteiger partial charge in [0, 0.05) is 19.8 Å². The van der Waals surface area contributed by atoms with E-state index in [0.717, 1.165) is 32.7 Å². The van der Waals surface area contributed by atoms with Crippen LogP contribution in [0.3, 0.4) is 0 Å². The second kappa shape index (κ2) is 7.75. The molecule has 0 saturated carbocycles. The Labute approximate surface area is 99.8 Å². The molecule has 0 atom stereocenters. The highest BCUT2D eigenvalue weighted by Crippen LogP contribution is 1.91. The Morgan fingerprint density at radius 3 is 3.06 bits per heavy atom. The molecule has 0 spiro atoms. The van der Waals surface area contributed by atoms with Crippen LogP contribution in [0, 0.1) is 0 Å². The molecule has 0 aliphatic carbocycles. The van der Waals surface area contributed by atoms with Crippen LogP contribution < -0.4 is 5.32 Å². The van der Waals surface area contributed by atoms with Crippen molar-refractivity contribution in [3.05, 3.63) is 11.9 Å². The molecule has 7 heteroatoms. The Morgan fingerprint density at radius 1 is 1.59 bits per heavy atom. The number of aromatic nitrogens is 3. The summed E-state index contributed by atoms with van der Waals surface area (Å²) in [6.45, 7) is 5.69. The number of carboxylic acid groups (broad SMARTS) is 1. The maximum absolute atomic E-state index is 10.5. The lowest BCUT2D eigenvalue weighted by Gasteiger charge is -2.04. The van der Waals surface area contributed by atoms with Crippen LogP contribution >= 0.6 is 0 Å². The summed E-state index contributed by atoms with van der Waals surface area (Å²) in [7, 11) is 0. The summed E-state index contributed by atoms with van der Waals surface area (Å²) >= 11 is 0. The topological polar surface area (TPSA) is 89.3 Å². The molecule has 1 heterocycles. The lowest BCUT2D eigenvalue weighted by Crippen LogP contribution is -2.22. The van der Waals surface area contributed by atoms with E-state index >= 15 is 0 Å².